The Labute approximate surface area is 200 Å². The first-order valence-corrected chi connectivity index (χ1v) is 10.4. The number of aromatic hydroxyl groups is 1. The zero-order valence-electron chi connectivity index (χ0n) is 19.4. The van der Waals surface area contributed by atoms with E-state index < -0.39 is 17.1 Å². The van der Waals surface area contributed by atoms with Crippen LogP contribution in [0.4, 0.5) is 0 Å². The van der Waals surface area contributed by atoms with Crippen molar-refractivity contribution < 1.29 is 38.0 Å². The van der Waals surface area contributed by atoms with Crippen LogP contribution in [0.1, 0.15) is 10.4 Å². The molecule has 3 aromatic carbocycles. The van der Waals surface area contributed by atoms with Crippen molar-refractivity contribution in [2.24, 2.45) is 0 Å². The second-order valence-corrected chi connectivity index (χ2v) is 7.27. The summed E-state index contributed by atoms with van der Waals surface area (Å²) in [7, 11) is 5.56. The molecule has 0 saturated carbocycles. The third-order valence-electron chi connectivity index (χ3n) is 5.28. The number of esters is 1. The van der Waals surface area contributed by atoms with E-state index in [0.29, 0.717) is 11.3 Å². The lowest BCUT2D eigenvalue weighted by atomic mass is 10.1. The molecule has 0 fully saturated rings. The molecule has 9 heteroatoms. The molecule has 0 spiro atoms. The predicted octanol–water partition coefficient (Wildman–Crippen LogP) is 4.42. The van der Waals surface area contributed by atoms with Gasteiger partial charge in [0.15, 0.2) is 28.4 Å². The van der Waals surface area contributed by atoms with Crippen molar-refractivity contribution >= 4 is 16.9 Å². The fraction of sp³-hybridized carbons (Fsp3) is 0.154. The molecule has 0 radical (unpaired) electrons. The molecule has 0 saturated heterocycles. The van der Waals surface area contributed by atoms with Crippen LogP contribution in [-0.2, 0) is 0 Å². The minimum absolute atomic E-state index is 0.0161. The summed E-state index contributed by atoms with van der Waals surface area (Å²) in [5, 5.41) is 10.7. The molecule has 180 valence electrons. The number of ether oxygens (including phenoxy) is 5. The van der Waals surface area contributed by atoms with Gasteiger partial charge in [0.05, 0.1) is 34.0 Å². The second-order valence-electron chi connectivity index (χ2n) is 7.27. The molecular weight excluding hydrogens is 456 g/mol. The average molecular weight is 478 g/mol. The number of carbonyl (C=O) groups is 1. The van der Waals surface area contributed by atoms with Crippen molar-refractivity contribution in [2.75, 3.05) is 28.4 Å². The van der Waals surface area contributed by atoms with Crippen LogP contribution in [0.15, 0.2) is 63.8 Å². The Balaban J connectivity index is 1.82. The maximum atomic E-state index is 13.0. The summed E-state index contributed by atoms with van der Waals surface area (Å²) >= 11 is 0. The van der Waals surface area contributed by atoms with Crippen LogP contribution in [0.2, 0.25) is 0 Å². The molecule has 0 amide bonds. The molecule has 0 aliphatic carbocycles. The van der Waals surface area contributed by atoms with E-state index in [2.05, 4.69) is 0 Å². The van der Waals surface area contributed by atoms with Gasteiger partial charge in [0.25, 0.3) is 0 Å². The Hall–Kier alpha value is -4.66. The second kappa shape index (κ2) is 9.68. The third-order valence-corrected chi connectivity index (χ3v) is 5.28. The van der Waals surface area contributed by atoms with Crippen molar-refractivity contribution in [3.63, 3.8) is 0 Å². The quantitative estimate of drug-likeness (QED) is 0.305. The Kier molecular flexibility index (Phi) is 6.50. The highest BCUT2D eigenvalue weighted by atomic mass is 16.6. The lowest BCUT2D eigenvalue weighted by Crippen LogP contribution is -2.11. The van der Waals surface area contributed by atoms with Crippen LogP contribution in [0.3, 0.4) is 0 Å². The number of hydrogen-bond acceptors (Lipinski definition) is 9. The number of phenols is 1. The van der Waals surface area contributed by atoms with Gasteiger partial charge in [0, 0.05) is 17.7 Å². The van der Waals surface area contributed by atoms with Crippen LogP contribution in [-0.4, -0.2) is 39.5 Å². The predicted molar refractivity (Wildman–Crippen MR) is 127 cm³/mol. The summed E-state index contributed by atoms with van der Waals surface area (Å²) in [5.74, 6) is -0.551. The van der Waals surface area contributed by atoms with E-state index in [1.807, 2.05) is 6.07 Å². The Bertz CT molecular complexity index is 1430. The number of hydrogen-bond donors (Lipinski definition) is 1. The standard InChI is InChI=1S/C26H22O9/c1-30-19-10-15(11-20(31-2)24(19)32-3)26(29)35-21-13-18-22(23(28)25(21)33-4)16(27)12-17(34-18)14-8-6-5-7-9-14/h5-13,28H,1-4H3. The zero-order valence-corrected chi connectivity index (χ0v) is 19.4. The van der Waals surface area contributed by atoms with Gasteiger partial charge in [-0.1, -0.05) is 30.3 Å². The lowest BCUT2D eigenvalue weighted by Gasteiger charge is -2.15. The fourth-order valence-electron chi connectivity index (χ4n) is 3.64. The topological polar surface area (TPSA) is 114 Å². The molecule has 0 aliphatic rings. The van der Waals surface area contributed by atoms with E-state index in [9.17, 15) is 14.7 Å². The van der Waals surface area contributed by atoms with Gasteiger partial charge in [0.1, 0.15) is 16.7 Å². The van der Waals surface area contributed by atoms with E-state index in [1.54, 1.807) is 24.3 Å². The van der Waals surface area contributed by atoms with E-state index in [0.717, 1.165) is 0 Å². The summed E-state index contributed by atoms with van der Waals surface area (Å²) in [4.78, 5) is 25.8. The van der Waals surface area contributed by atoms with Gasteiger partial charge in [-0.05, 0) is 12.1 Å². The van der Waals surface area contributed by atoms with Crippen LogP contribution in [0.25, 0.3) is 22.3 Å². The number of rotatable bonds is 7. The molecule has 0 atom stereocenters. The zero-order chi connectivity index (χ0) is 25.1. The largest absolute Gasteiger partial charge is 0.504 e. The van der Waals surface area contributed by atoms with Gasteiger partial charge < -0.3 is 33.2 Å². The lowest BCUT2D eigenvalue weighted by molar-refractivity contribution is 0.0728. The third kappa shape index (κ3) is 4.31. The first-order valence-electron chi connectivity index (χ1n) is 10.4. The Morgan fingerprint density at radius 3 is 2.00 bits per heavy atom. The minimum atomic E-state index is -0.803. The number of methoxy groups -OCH3 is 4. The van der Waals surface area contributed by atoms with Crippen LogP contribution in [0, 0.1) is 0 Å². The van der Waals surface area contributed by atoms with Crippen molar-refractivity contribution in [3.8, 4) is 45.8 Å². The molecular formula is C26H22O9. The highest BCUT2D eigenvalue weighted by molar-refractivity contribution is 5.95. The monoisotopic (exact) mass is 478 g/mol. The van der Waals surface area contributed by atoms with Crippen molar-refractivity contribution in [1.82, 2.24) is 0 Å². The summed E-state index contributed by atoms with van der Waals surface area (Å²) in [6.45, 7) is 0. The van der Waals surface area contributed by atoms with Crippen LogP contribution >= 0.6 is 0 Å². The van der Waals surface area contributed by atoms with Crippen LogP contribution in [0.5, 0.6) is 34.5 Å². The number of phenolic OH excluding ortho intramolecular Hbond substituents is 1. The average Bonchev–Trinajstić information content (AvgIpc) is 2.87. The summed E-state index contributed by atoms with van der Waals surface area (Å²) < 4.78 is 32.5. The Morgan fingerprint density at radius 2 is 1.43 bits per heavy atom. The normalized spacial score (nSPS) is 10.6. The van der Waals surface area contributed by atoms with E-state index >= 15 is 0 Å². The van der Waals surface area contributed by atoms with E-state index in [-0.39, 0.29) is 45.3 Å². The first-order chi connectivity index (χ1) is 16.9. The van der Waals surface area contributed by atoms with Gasteiger partial charge in [0.2, 0.25) is 11.5 Å². The Morgan fingerprint density at radius 1 is 0.800 bits per heavy atom. The first kappa shape index (κ1) is 23.5. The molecule has 1 heterocycles. The highest BCUT2D eigenvalue weighted by Crippen LogP contribution is 2.43. The van der Waals surface area contributed by atoms with Gasteiger partial charge in [-0.25, -0.2) is 4.79 Å². The van der Waals surface area contributed by atoms with Crippen molar-refractivity contribution in [1.29, 1.82) is 0 Å². The van der Waals surface area contributed by atoms with Crippen molar-refractivity contribution in [3.05, 3.63) is 70.4 Å². The van der Waals surface area contributed by atoms with Crippen LogP contribution < -0.4 is 29.1 Å². The van der Waals surface area contributed by atoms with Gasteiger partial charge in [-0.15, -0.1) is 0 Å². The molecule has 35 heavy (non-hydrogen) atoms. The van der Waals surface area contributed by atoms with E-state index in [1.165, 1.54) is 52.7 Å². The SMILES string of the molecule is COc1cc(C(=O)Oc2cc3oc(-c4ccccc4)cc(=O)c3c(O)c2OC)cc(OC)c1OC. The molecule has 1 aromatic heterocycles. The number of carbonyl (C=O) groups excluding carboxylic acids is 1. The smallest absolute Gasteiger partial charge is 0.343 e. The molecule has 1 N–H and O–H groups in total. The van der Waals surface area contributed by atoms with Gasteiger partial charge >= 0.3 is 5.97 Å². The molecule has 9 nitrogen and oxygen atoms in total. The minimum Gasteiger partial charge on any atom is -0.504 e. The molecule has 0 bridgehead atoms. The highest BCUT2D eigenvalue weighted by Gasteiger charge is 2.24. The van der Waals surface area contributed by atoms with E-state index in [4.69, 9.17) is 28.1 Å². The maximum Gasteiger partial charge on any atom is 0.343 e. The van der Waals surface area contributed by atoms with Gasteiger partial charge in [-0.3, -0.25) is 4.79 Å². The summed E-state index contributed by atoms with van der Waals surface area (Å²) in [6, 6.07) is 14.4. The molecule has 4 rings (SSSR count). The summed E-state index contributed by atoms with van der Waals surface area (Å²) in [6.07, 6.45) is 0. The molecule has 0 aliphatic heterocycles. The molecule has 0 unspecified atom stereocenters. The maximum absolute atomic E-state index is 13.0. The van der Waals surface area contributed by atoms with Gasteiger partial charge in [-0.2, -0.15) is 0 Å². The summed E-state index contributed by atoms with van der Waals surface area (Å²) in [5.41, 5.74) is 0.282. The fourth-order valence-corrected chi connectivity index (χ4v) is 3.64. The number of benzene rings is 3. The number of fused-ring (bicyclic) bond motifs is 1. The molecule has 4 aromatic rings. The van der Waals surface area contributed by atoms with Crippen molar-refractivity contribution in [2.45, 2.75) is 0 Å².